The van der Waals surface area contributed by atoms with Gasteiger partial charge in [-0.15, -0.1) is 0 Å². The zero-order valence-corrected chi connectivity index (χ0v) is 10.1. The molecule has 0 bridgehead atoms. The predicted molar refractivity (Wildman–Crippen MR) is 59.6 cm³/mol. The fraction of sp³-hybridized carbons (Fsp3) is 0.909. The molecule has 3 N–H and O–H groups in total. The Labute approximate surface area is 91.4 Å². The van der Waals surface area contributed by atoms with E-state index in [9.17, 15) is 9.90 Å². The molecule has 1 saturated carbocycles. The Hall–Kier alpha value is -0.770. The van der Waals surface area contributed by atoms with Crippen molar-refractivity contribution in [1.82, 2.24) is 10.6 Å². The minimum atomic E-state index is -0.673. The number of rotatable bonds is 1. The molecule has 2 unspecified atom stereocenters. The highest BCUT2D eigenvalue weighted by Crippen LogP contribution is 2.40. The fourth-order valence-electron chi connectivity index (χ4n) is 2.80. The quantitative estimate of drug-likeness (QED) is 0.615. The van der Waals surface area contributed by atoms with E-state index in [2.05, 4.69) is 24.5 Å². The minimum absolute atomic E-state index is 0.0590. The van der Waals surface area contributed by atoms with Crippen LogP contribution in [0.4, 0.5) is 4.79 Å². The molecular weight excluding hydrogens is 192 g/mol. The van der Waals surface area contributed by atoms with Crippen molar-refractivity contribution in [3.05, 3.63) is 0 Å². The van der Waals surface area contributed by atoms with Gasteiger partial charge in [-0.1, -0.05) is 13.8 Å². The molecule has 0 radical (unpaired) electrons. The lowest BCUT2D eigenvalue weighted by Crippen LogP contribution is -2.51. The van der Waals surface area contributed by atoms with Crippen molar-refractivity contribution in [3.8, 4) is 0 Å². The summed E-state index contributed by atoms with van der Waals surface area (Å²) in [7, 11) is 1.60. The van der Waals surface area contributed by atoms with E-state index in [0.29, 0.717) is 6.42 Å². The maximum atomic E-state index is 11.2. The summed E-state index contributed by atoms with van der Waals surface area (Å²) in [5.41, 5.74) is -0.596. The highest BCUT2D eigenvalue weighted by atomic mass is 16.3. The molecule has 4 nitrogen and oxygen atoms in total. The van der Waals surface area contributed by atoms with Crippen molar-refractivity contribution in [2.24, 2.45) is 5.41 Å². The largest absolute Gasteiger partial charge is 0.390 e. The molecule has 1 rings (SSSR count). The van der Waals surface area contributed by atoms with E-state index in [4.69, 9.17) is 0 Å². The second-order valence-corrected chi connectivity index (χ2v) is 5.67. The molecule has 2 amide bonds. The van der Waals surface area contributed by atoms with Crippen LogP contribution >= 0.6 is 0 Å². The molecule has 88 valence electrons. The van der Waals surface area contributed by atoms with E-state index in [1.54, 1.807) is 7.05 Å². The molecule has 0 aromatic heterocycles. The zero-order valence-electron chi connectivity index (χ0n) is 10.1. The van der Waals surface area contributed by atoms with Crippen LogP contribution in [0.1, 0.15) is 40.0 Å². The normalized spacial score (nSPS) is 34.6. The second-order valence-electron chi connectivity index (χ2n) is 5.67. The predicted octanol–water partition coefficient (Wildman–Crippen LogP) is 1.25. The zero-order chi connectivity index (χ0) is 11.7. The summed E-state index contributed by atoms with van der Waals surface area (Å²) < 4.78 is 0. The van der Waals surface area contributed by atoms with Gasteiger partial charge in [0.2, 0.25) is 0 Å². The fourth-order valence-corrected chi connectivity index (χ4v) is 2.80. The molecule has 0 aromatic rings. The highest BCUT2D eigenvalue weighted by molar-refractivity contribution is 5.73. The van der Waals surface area contributed by atoms with E-state index in [-0.39, 0.29) is 17.5 Å². The number of hydrogen-bond donors (Lipinski definition) is 3. The monoisotopic (exact) mass is 214 g/mol. The summed E-state index contributed by atoms with van der Waals surface area (Å²) in [6.45, 7) is 6.09. The average Bonchev–Trinajstić information content (AvgIpc) is 1.97. The van der Waals surface area contributed by atoms with E-state index in [1.807, 2.05) is 6.92 Å². The van der Waals surface area contributed by atoms with Crippen molar-refractivity contribution >= 4 is 6.03 Å². The Bertz CT molecular complexity index is 233. The summed E-state index contributed by atoms with van der Waals surface area (Å²) in [4.78, 5) is 11.2. The number of carbonyl (C=O) groups is 1. The molecule has 0 saturated heterocycles. The van der Waals surface area contributed by atoms with Gasteiger partial charge in [0, 0.05) is 13.1 Å². The molecule has 1 aliphatic rings. The minimum Gasteiger partial charge on any atom is -0.390 e. The third kappa shape index (κ3) is 3.70. The molecule has 0 heterocycles. The lowest BCUT2D eigenvalue weighted by molar-refractivity contribution is -0.0347. The number of aliphatic hydroxyl groups is 1. The molecule has 0 spiro atoms. The van der Waals surface area contributed by atoms with Gasteiger partial charge >= 0.3 is 6.03 Å². The third-order valence-corrected chi connectivity index (χ3v) is 2.91. The topological polar surface area (TPSA) is 61.4 Å². The molecular formula is C11H22N2O2. The SMILES string of the molecule is CNC(=O)NC1CC(C)(C)CC(C)(O)C1. The van der Waals surface area contributed by atoms with Gasteiger partial charge in [0.05, 0.1) is 5.60 Å². The van der Waals surface area contributed by atoms with Crippen LogP contribution in [0.2, 0.25) is 0 Å². The van der Waals surface area contributed by atoms with Gasteiger partial charge in [0.15, 0.2) is 0 Å². The Balaban J connectivity index is 2.63. The van der Waals surface area contributed by atoms with Crippen molar-refractivity contribution in [2.75, 3.05) is 7.05 Å². The molecule has 1 fully saturated rings. The summed E-state index contributed by atoms with van der Waals surface area (Å²) in [5.74, 6) is 0. The second kappa shape index (κ2) is 4.00. The Morgan fingerprint density at radius 2 is 1.93 bits per heavy atom. The van der Waals surface area contributed by atoms with Crippen molar-refractivity contribution in [2.45, 2.75) is 51.7 Å². The van der Waals surface area contributed by atoms with Gasteiger partial charge in [0.1, 0.15) is 0 Å². The maximum Gasteiger partial charge on any atom is 0.314 e. The van der Waals surface area contributed by atoms with Crippen LogP contribution in [0.3, 0.4) is 0 Å². The first-order valence-corrected chi connectivity index (χ1v) is 5.45. The van der Waals surface area contributed by atoms with Gasteiger partial charge in [-0.25, -0.2) is 4.79 Å². The number of carbonyl (C=O) groups excluding carboxylic acids is 1. The van der Waals surface area contributed by atoms with Crippen LogP contribution in [0.15, 0.2) is 0 Å². The maximum absolute atomic E-state index is 11.2. The first kappa shape index (κ1) is 12.3. The van der Waals surface area contributed by atoms with E-state index in [1.165, 1.54) is 0 Å². The number of nitrogens with one attached hydrogen (secondary N) is 2. The number of hydrogen-bond acceptors (Lipinski definition) is 2. The van der Waals surface area contributed by atoms with Crippen LogP contribution in [0, 0.1) is 5.41 Å². The number of urea groups is 1. The van der Waals surface area contributed by atoms with Gasteiger partial charge in [-0.2, -0.15) is 0 Å². The van der Waals surface area contributed by atoms with Crippen LogP contribution in [-0.2, 0) is 0 Å². The first-order valence-electron chi connectivity index (χ1n) is 5.45. The summed E-state index contributed by atoms with van der Waals surface area (Å²) in [6, 6.07) is -0.114. The summed E-state index contributed by atoms with van der Waals surface area (Å²) >= 11 is 0. The summed E-state index contributed by atoms with van der Waals surface area (Å²) in [6.07, 6.45) is 2.33. The van der Waals surface area contributed by atoms with E-state index in [0.717, 1.165) is 12.8 Å². The lowest BCUT2D eigenvalue weighted by atomic mass is 9.68. The van der Waals surface area contributed by atoms with Crippen molar-refractivity contribution in [1.29, 1.82) is 0 Å². The average molecular weight is 214 g/mol. The van der Waals surface area contributed by atoms with E-state index >= 15 is 0 Å². The molecule has 1 aliphatic carbocycles. The van der Waals surface area contributed by atoms with Crippen LogP contribution in [-0.4, -0.2) is 29.8 Å². The van der Waals surface area contributed by atoms with Gasteiger partial charge < -0.3 is 15.7 Å². The van der Waals surface area contributed by atoms with E-state index < -0.39 is 5.60 Å². The Kier molecular flexibility index (Phi) is 3.28. The highest BCUT2D eigenvalue weighted by Gasteiger charge is 2.40. The molecule has 2 atom stereocenters. The first-order chi connectivity index (χ1) is 6.74. The standard InChI is InChI=1S/C11H22N2O2/c1-10(2)5-8(13-9(14)12-4)6-11(3,15)7-10/h8,15H,5-7H2,1-4H3,(H2,12,13,14). The Morgan fingerprint density at radius 1 is 1.33 bits per heavy atom. The van der Waals surface area contributed by atoms with Gasteiger partial charge in [0.25, 0.3) is 0 Å². The Morgan fingerprint density at radius 3 is 2.40 bits per heavy atom. The third-order valence-electron chi connectivity index (χ3n) is 2.91. The smallest absolute Gasteiger partial charge is 0.314 e. The van der Waals surface area contributed by atoms with Gasteiger partial charge in [-0.3, -0.25) is 0 Å². The van der Waals surface area contributed by atoms with Crippen LogP contribution in [0.5, 0.6) is 0 Å². The van der Waals surface area contributed by atoms with Crippen molar-refractivity contribution < 1.29 is 9.90 Å². The molecule has 0 aliphatic heterocycles. The van der Waals surface area contributed by atoms with Crippen LogP contribution < -0.4 is 10.6 Å². The van der Waals surface area contributed by atoms with Gasteiger partial charge in [-0.05, 0) is 31.6 Å². The van der Waals surface area contributed by atoms with Crippen molar-refractivity contribution in [3.63, 3.8) is 0 Å². The van der Waals surface area contributed by atoms with Crippen LogP contribution in [0.25, 0.3) is 0 Å². The molecule has 4 heteroatoms. The lowest BCUT2D eigenvalue weighted by Gasteiger charge is -2.43. The molecule has 0 aromatic carbocycles. The molecule has 15 heavy (non-hydrogen) atoms. The summed E-state index contributed by atoms with van der Waals surface area (Å²) in [5, 5.41) is 15.5. The number of amides is 2.